The minimum atomic E-state index is -3.95. The predicted molar refractivity (Wildman–Crippen MR) is 78.7 cm³/mol. The van der Waals surface area contributed by atoms with Crippen molar-refractivity contribution in [3.05, 3.63) is 18.2 Å². The second-order valence-electron chi connectivity index (χ2n) is 4.98. The fraction of sp³-hybridized carbons (Fsp3) is 0.500. The van der Waals surface area contributed by atoms with Crippen LogP contribution < -0.4 is 9.47 Å². The summed E-state index contributed by atoms with van der Waals surface area (Å²) >= 11 is 0. The van der Waals surface area contributed by atoms with E-state index < -0.39 is 22.0 Å². The van der Waals surface area contributed by atoms with Crippen LogP contribution in [0.15, 0.2) is 23.1 Å². The van der Waals surface area contributed by atoms with Gasteiger partial charge >= 0.3 is 5.97 Å². The highest BCUT2D eigenvalue weighted by atomic mass is 32.2. The number of benzene rings is 1. The molecule has 1 N–H and O–H groups in total. The molecule has 0 amide bonds. The van der Waals surface area contributed by atoms with Crippen molar-refractivity contribution < 1.29 is 27.8 Å². The fourth-order valence-electron chi connectivity index (χ4n) is 2.55. The van der Waals surface area contributed by atoms with Crippen LogP contribution >= 0.6 is 0 Å². The molecule has 22 heavy (non-hydrogen) atoms. The van der Waals surface area contributed by atoms with E-state index in [-0.39, 0.29) is 17.2 Å². The van der Waals surface area contributed by atoms with Gasteiger partial charge in [0, 0.05) is 12.6 Å². The Hall–Kier alpha value is -1.80. The maximum atomic E-state index is 12.8. The lowest BCUT2D eigenvalue weighted by Gasteiger charge is -2.32. The number of carboxylic acids is 1. The summed E-state index contributed by atoms with van der Waals surface area (Å²) in [5.74, 6) is -0.533. The maximum absolute atomic E-state index is 12.8. The summed E-state index contributed by atoms with van der Waals surface area (Å²) in [7, 11) is -1.13. The van der Waals surface area contributed by atoms with Crippen LogP contribution in [0, 0.1) is 0 Å². The smallest absolute Gasteiger partial charge is 0.322 e. The minimum Gasteiger partial charge on any atom is -0.497 e. The third-order valence-corrected chi connectivity index (χ3v) is 5.64. The predicted octanol–water partition coefficient (Wildman–Crippen LogP) is 1.33. The summed E-state index contributed by atoms with van der Waals surface area (Å²) < 4.78 is 36.9. The van der Waals surface area contributed by atoms with Crippen LogP contribution in [-0.4, -0.2) is 50.6 Å². The first-order chi connectivity index (χ1) is 10.4. The van der Waals surface area contributed by atoms with E-state index in [9.17, 15) is 18.3 Å². The second kappa shape index (κ2) is 6.53. The molecule has 1 atom stereocenters. The number of piperidine rings is 1. The Bertz CT molecular complexity index is 657. The molecule has 0 radical (unpaired) electrons. The molecule has 1 saturated heterocycles. The van der Waals surface area contributed by atoms with E-state index in [1.807, 2.05) is 0 Å². The average Bonchev–Trinajstić information content (AvgIpc) is 2.54. The van der Waals surface area contributed by atoms with Crippen LogP contribution in [0.2, 0.25) is 0 Å². The number of ether oxygens (including phenoxy) is 2. The van der Waals surface area contributed by atoms with Gasteiger partial charge in [-0.3, -0.25) is 4.79 Å². The Kier molecular flexibility index (Phi) is 4.92. The lowest BCUT2D eigenvalue weighted by atomic mass is 10.1. The second-order valence-corrected chi connectivity index (χ2v) is 6.84. The quantitative estimate of drug-likeness (QED) is 0.876. The van der Waals surface area contributed by atoms with Crippen molar-refractivity contribution in [2.45, 2.75) is 30.2 Å². The van der Waals surface area contributed by atoms with Gasteiger partial charge in [0.05, 0.1) is 14.2 Å². The molecule has 1 heterocycles. The van der Waals surface area contributed by atoms with Gasteiger partial charge in [-0.15, -0.1) is 0 Å². The third kappa shape index (κ3) is 3.02. The molecule has 8 heteroatoms. The Morgan fingerprint density at radius 3 is 2.59 bits per heavy atom. The van der Waals surface area contributed by atoms with Crippen LogP contribution in [0.1, 0.15) is 19.3 Å². The Balaban J connectivity index is 2.47. The normalized spacial score (nSPS) is 19.6. The SMILES string of the molecule is COc1ccc(S(=O)(=O)N2CCCC[C@H]2C(=O)O)c(OC)c1. The van der Waals surface area contributed by atoms with Gasteiger partial charge in [-0.05, 0) is 31.4 Å². The summed E-state index contributed by atoms with van der Waals surface area (Å²) in [6.45, 7) is 0.189. The lowest BCUT2D eigenvalue weighted by Crippen LogP contribution is -2.47. The van der Waals surface area contributed by atoms with Crippen molar-refractivity contribution in [2.75, 3.05) is 20.8 Å². The Morgan fingerprint density at radius 1 is 1.27 bits per heavy atom. The van der Waals surface area contributed by atoms with E-state index in [0.717, 1.165) is 4.31 Å². The van der Waals surface area contributed by atoms with Gasteiger partial charge in [0.1, 0.15) is 22.4 Å². The van der Waals surface area contributed by atoms with Crippen LogP contribution in [0.25, 0.3) is 0 Å². The van der Waals surface area contributed by atoms with Crippen molar-refractivity contribution in [2.24, 2.45) is 0 Å². The van der Waals surface area contributed by atoms with Crippen LogP contribution in [0.3, 0.4) is 0 Å². The standard InChI is InChI=1S/C14H19NO6S/c1-20-10-6-7-13(12(9-10)21-2)22(18,19)15-8-4-3-5-11(15)14(16)17/h6-7,9,11H,3-5,8H2,1-2H3,(H,16,17)/t11-/m0/s1. The first-order valence-electron chi connectivity index (χ1n) is 6.88. The molecule has 1 aliphatic heterocycles. The molecule has 2 rings (SSSR count). The average molecular weight is 329 g/mol. The number of sulfonamides is 1. The number of methoxy groups -OCH3 is 2. The van der Waals surface area contributed by atoms with Crippen LogP contribution in [-0.2, 0) is 14.8 Å². The van der Waals surface area contributed by atoms with Crippen molar-refractivity contribution in [3.63, 3.8) is 0 Å². The molecule has 122 valence electrons. The lowest BCUT2D eigenvalue weighted by molar-refractivity contribution is -0.142. The molecule has 0 spiro atoms. The van der Waals surface area contributed by atoms with Gasteiger partial charge in [-0.2, -0.15) is 4.31 Å². The van der Waals surface area contributed by atoms with Gasteiger partial charge in [-0.1, -0.05) is 0 Å². The monoisotopic (exact) mass is 329 g/mol. The summed E-state index contributed by atoms with van der Waals surface area (Å²) in [5.41, 5.74) is 0. The zero-order valence-electron chi connectivity index (χ0n) is 12.5. The first-order valence-corrected chi connectivity index (χ1v) is 8.32. The molecule has 0 saturated carbocycles. The zero-order chi connectivity index (χ0) is 16.3. The van der Waals surface area contributed by atoms with Crippen molar-refractivity contribution in [1.82, 2.24) is 4.31 Å². The van der Waals surface area contributed by atoms with Gasteiger partial charge in [0.2, 0.25) is 10.0 Å². The van der Waals surface area contributed by atoms with E-state index in [2.05, 4.69) is 0 Å². The van der Waals surface area contributed by atoms with E-state index >= 15 is 0 Å². The summed E-state index contributed by atoms with van der Waals surface area (Å²) in [6.07, 6.45) is 1.65. The number of carboxylic acid groups (broad SMARTS) is 1. The molecule has 0 aliphatic carbocycles. The van der Waals surface area contributed by atoms with Crippen molar-refractivity contribution in [3.8, 4) is 11.5 Å². The van der Waals surface area contributed by atoms with Crippen molar-refractivity contribution in [1.29, 1.82) is 0 Å². The molecular weight excluding hydrogens is 310 g/mol. The Morgan fingerprint density at radius 2 is 2.00 bits per heavy atom. The number of rotatable bonds is 5. The molecule has 0 bridgehead atoms. The summed E-state index contributed by atoms with van der Waals surface area (Å²) in [5, 5.41) is 9.27. The third-order valence-electron chi connectivity index (χ3n) is 3.70. The van der Waals surface area contributed by atoms with Gasteiger partial charge in [0.15, 0.2) is 0 Å². The molecule has 0 unspecified atom stereocenters. The maximum Gasteiger partial charge on any atom is 0.322 e. The first kappa shape index (κ1) is 16.6. The van der Waals surface area contributed by atoms with Gasteiger partial charge < -0.3 is 14.6 Å². The van der Waals surface area contributed by atoms with Crippen LogP contribution in [0.4, 0.5) is 0 Å². The zero-order valence-corrected chi connectivity index (χ0v) is 13.3. The highest BCUT2D eigenvalue weighted by Crippen LogP contribution is 2.33. The van der Waals surface area contributed by atoms with Crippen molar-refractivity contribution >= 4 is 16.0 Å². The molecule has 1 aliphatic rings. The minimum absolute atomic E-state index is 0.0519. The number of aliphatic carboxylic acids is 1. The molecule has 7 nitrogen and oxygen atoms in total. The number of carbonyl (C=O) groups is 1. The van der Waals surface area contributed by atoms with Gasteiger partial charge in [-0.25, -0.2) is 8.42 Å². The van der Waals surface area contributed by atoms with Crippen LogP contribution in [0.5, 0.6) is 11.5 Å². The molecular formula is C14H19NO6S. The molecule has 1 fully saturated rings. The highest BCUT2D eigenvalue weighted by Gasteiger charge is 2.38. The topological polar surface area (TPSA) is 93.1 Å². The van der Waals surface area contributed by atoms with Gasteiger partial charge in [0.25, 0.3) is 0 Å². The Labute approximate surface area is 129 Å². The van der Waals surface area contributed by atoms with E-state index in [1.165, 1.54) is 32.4 Å². The summed E-state index contributed by atoms with van der Waals surface area (Å²) in [4.78, 5) is 11.3. The van der Waals surface area contributed by atoms with E-state index in [4.69, 9.17) is 9.47 Å². The van der Waals surface area contributed by atoms with E-state index in [1.54, 1.807) is 0 Å². The number of hydrogen-bond donors (Lipinski definition) is 1. The largest absolute Gasteiger partial charge is 0.497 e. The molecule has 1 aromatic carbocycles. The summed E-state index contributed by atoms with van der Waals surface area (Å²) in [6, 6.07) is 3.31. The molecule has 1 aromatic rings. The molecule has 0 aromatic heterocycles. The van der Waals surface area contributed by atoms with E-state index in [0.29, 0.717) is 25.0 Å². The number of hydrogen-bond acceptors (Lipinski definition) is 5. The highest BCUT2D eigenvalue weighted by molar-refractivity contribution is 7.89. The fourth-order valence-corrected chi connectivity index (χ4v) is 4.34. The number of nitrogens with zero attached hydrogens (tertiary/aromatic N) is 1.